The number of aromatic nitrogens is 1. The number of fused-ring (bicyclic) bond motifs is 1. The van der Waals surface area contributed by atoms with Crippen LogP contribution in [-0.4, -0.2) is 18.6 Å². The molecule has 1 unspecified atom stereocenters. The third kappa shape index (κ3) is 3.14. The van der Waals surface area contributed by atoms with Crippen molar-refractivity contribution in [1.82, 2.24) is 10.3 Å². The van der Waals surface area contributed by atoms with Gasteiger partial charge in [0.1, 0.15) is 0 Å². The van der Waals surface area contributed by atoms with Crippen molar-refractivity contribution in [3.05, 3.63) is 64.7 Å². The molecule has 0 fully saturated rings. The van der Waals surface area contributed by atoms with E-state index in [4.69, 9.17) is 4.98 Å². The van der Waals surface area contributed by atoms with E-state index in [1.165, 1.54) is 20.8 Å². The summed E-state index contributed by atoms with van der Waals surface area (Å²) < 4.78 is 1.28. The van der Waals surface area contributed by atoms with Crippen LogP contribution >= 0.6 is 11.3 Å². The fourth-order valence-electron chi connectivity index (χ4n) is 2.80. The van der Waals surface area contributed by atoms with Crippen molar-refractivity contribution in [2.45, 2.75) is 19.3 Å². The van der Waals surface area contributed by atoms with E-state index in [2.05, 4.69) is 60.8 Å². The van der Waals surface area contributed by atoms with Crippen molar-refractivity contribution < 1.29 is 0 Å². The quantitative estimate of drug-likeness (QED) is 0.765. The minimum Gasteiger partial charge on any atom is -0.319 e. The summed E-state index contributed by atoms with van der Waals surface area (Å²) in [6.07, 6.45) is 0.991. The number of nitrogens with one attached hydrogen (secondary N) is 1. The van der Waals surface area contributed by atoms with Crippen LogP contribution in [0.4, 0.5) is 0 Å². The van der Waals surface area contributed by atoms with E-state index in [1.54, 1.807) is 0 Å². The largest absolute Gasteiger partial charge is 0.319 e. The van der Waals surface area contributed by atoms with Crippen molar-refractivity contribution >= 4 is 21.6 Å². The average molecular weight is 296 g/mol. The van der Waals surface area contributed by atoms with E-state index < -0.39 is 0 Å². The molecular formula is C18H20N2S. The van der Waals surface area contributed by atoms with Crippen molar-refractivity contribution in [3.8, 4) is 0 Å². The van der Waals surface area contributed by atoms with Crippen LogP contribution in [0.2, 0.25) is 0 Å². The van der Waals surface area contributed by atoms with Gasteiger partial charge in [-0.25, -0.2) is 4.98 Å². The van der Waals surface area contributed by atoms with Gasteiger partial charge in [-0.2, -0.15) is 0 Å². The number of benzene rings is 2. The number of likely N-dealkylation sites (N-methyl/N-ethyl adjacent to an activating group) is 1. The lowest BCUT2D eigenvalue weighted by Crippen LogP contribution is -2.19. The monoisotopic (exact) mass is 296 g/mol. The second kappa shape index (κ2) is 6.37. The topological polar surface area (TPSA) is 24.9 Å². The molecule has 2 aromatic carbocycles. The van der Waals surface area contributed by atoms with Crippen LogP contribution in [0.25, 0.3) is 10.2 Å². The molecule has 0 spiro atoms. The highest BCUT2D eigenvalue weighted by Crippen LogP contribution is 2.28. The van der Waals surface area contributed by atoms with Gasteiger partial charge in [-0.1, -0.05) is 36.4 Å². The minimum atomic E-state index is 0.469. The van der Waals surface area contributed by atoms with E-state index in [-0.39, 0.29) is 0 Å². The molecule has 0 aliphatic heterocycles. The summed E-state index contributed by atoms with van der Waals surface area (Å²) in [4.78, 5) is 4.78. The molecule has 3 heteroatoms. The van der Waals surface area contributed by atoms with Crippen LogP contribution in [0.1, 0.15) is 22.1 Å². The normalized spacial score (nSPS) is 12.7. The third-order valence-electron chi connectivity index (χ3n) is 3.84. The van der Waals surface area contributed by atoms with Gasteiger partial charge in [-0.05, 0) is 37.2 Å². The second-order valence-electron chi connectivity index (χ2n) is 5.39. The Morgan fingerprint density at radius 3 is 2.62 bits per heavy atom. The Morgan fingerprint density at radius 2 is 1.86 bits per heavy atom. The van der Waals surface area contributed by atoms with E-state index in [0.29, 0.717) is 5.92 Å². The Morgan fingerprint density at radius 1 is 1.10 bits per heavy atom. The zero-order chi connectivity index (χ0) is 14.7. The summed E-state index contributed by atoms with van der Waals surface area (Å²) in [7, 11) is 2.02. The van der Waals surface area contributed by atoms with Crippen LogP contribution in [-0.2, 0) is 6.42 Å². The highest BCUT2D eigenvalue weighted by atomic mass is 32.1. The maximum Gasteiger partial charge on any atom is 0.0945 e. The number of para-hydroxylation sites is 1. The molecule has 21 heavy (non-hydrogen) atoms. The van der Waals surface area contributed by atoms with Crippen LogP contribution < -0.4 is 5.32 Å². The zero-order valence-corrected chi connectivity index (χ0v) is 13.3. The molecule has 0 saturated heterocycles. The lowest BCUT2D eigenvalue weighted by molar-refractivity contribution is 0.622. The fraction of sp³-hybridized carbons (Fsp3) is 0.278. The predicted molar refractivity (Wildman–Crippen MR) is 91.2 cm³/mol. The van der Waals surface area contributed by atoms with E-state index >= 15 is 0 Å². The number of thiazole rings is 1. The predicted octanol–water partition coefficient (Wildman–Crippen LogP) is 4.15. The van der Waals surface area contributed by atoms with Crippen LogP contribution in [0.3, 0.4) is 0 Å². The minimum absolute atomic E-state index is 0.469. The number of rotatable bonds is 5. The summed E-state index contributed by atoms with van der Waals surface area (Å²) >= 11 is 1.81. The van der Waals surface area contributed by atoms with Crippen molar-refractivity contribution in [2.75, 3.05) is 13.6 Å². The first-order valence-electron chi connectivity index (χ1n) is 7.32. The average Bonchev–Trinajstić information content (AvgIpc) is 2.89. The molecule has 0 aliphatic rings. The molecule has 0 bridgehead atoms. The molecule has 1 N–H and O–H groups in total. The van der Waals surface area contributed by atoms with Crippen LogP contribution in [0.5, 0.6) is 0 Å². The van der Waals surface area contributed by atoms with Crippen molar-refractivity contribution in [1.29, 1.82) is 0 Å². The van der Waals surface area contributed by atoms with Crippen LogP contribution in [0, 0.1) is 6.92 Å². The van der Waals surface area contributed by atoms with E-state index in [9.17, 15) is 0 Å². The summed E-state index contributed by atoms with van der Waals surface area (Å²) in [5.41, 5.74) is 3.90. The maximum absolute atomic E-state index is 4.78. The summed E-state index contributed by atoms with van der Waals surface area (Å²) in [6, 6.07) is 17.0. The Kier molecular flexibility index (Phi) is 4.32. The SMILES string of the molecule is CNCC(Cc1nc2ccccc2s1)c1ccccc1C. The van der Waals surface area contributed by atoms with Gasteiger partial charge in [0.05, 0.1) is 15.2 Å². The maximum atomic E-state index is 4.78. The number of hydrogen-bond donors (Lipinski definition) is 1. The Hall–Kier alpha value is -1.71. The van der Waals surface area contributed by atoms with Gasteiger partial charge in [-0.15, -0.1) is 11.3 Å². The second-order valence-corrected chi connectivity index (χ2v) is 6.51. The molecule has 1 heterocycles. The lowest BCUT2D eigenvalue weighted by Gasteiger charge is -2.18. The standard InChI is InChI=1S/C18H20N2S/c1-13-7-3-4-8-15(13)14(12-19-2)11-18-20-16-9-5-6-10-17(16)21-18/h3-10,14,19H,11-12H2,1-2H3. The van der Waals surface area contributed by atoms with Crippen molar-refractivity contribution in [3.63, 3.8) is 0 Å². The first kappa shape index (κ1) is 14.2. The molecule has 0 aliphatic carbocycles. The summed E-state index contributed by atoms with van der Waals surface area (Å²) in [5.74, 6) is 0.469. The summed E-state index contributed by atoms with van der Waals surface area (Å²) in [6.45, 7) is 3.16. The van der Waals surface area contributed by atoms with Gasteiger partial charge in [0.25, 0.3) is 0 Å². The van der Waals surface area contributed by atoms with Crippen LogP contribution in [0.15, 0.2) is 48.5 Å². The first-order chi connectivity index (χ1) is 10.3. The molecule has 1 aromatic heterocycles. The fourth-order valence-corrected chi connectivity index (χ4v) is 3.85. The Bertz CT molecular complexity index is 700. The molecular weight excluding hydrogens is 276 g/mol. The van der Waals surface area contributed by atoms with Gasteiger partial charge >= 0.3 is 0 Å². The Labute approximate surface area is 129 Å². The molecule has 2 nitrogen and oxygen atoms in total. The molecule has 3 aromatic rings. The Balaban J connectivity index is 1.90. The molecule has 1 atom stereocenters. The smallest absolute Gasteiger partial charge is 0.0945 e. The highest BCUT2D eigenvalue weighted by molar-refractivity contribution is 7.18. The molecule has 108 valence electrons. The van der Waals surface area contributed by atoms with Gasteiger partial charge < -0.3 is 5.32 Å². The molecule has 0 radical (unpaired) electrons. The molecule has 0 saturated carbocycles. The number of hydrogen-bond acceptors (Lipinski definition) is 3. The summed E-state index contributed by atoms with van der Waals surface area (Å²) in [5, 5.41) is 4.55. The van der Waals surface area contributed by atoms with Gasteiger partial charge in [0.15, 0.2) is 0 Å². The van der Waals surface area contributed by atoms with Gasteiger partial charge in [0, 0.05) is 18.9 Å². The number of aryl methyl sites for hydroxylation is 1. The van der Waals surface area contributed by atoms with Gasteiger partial charge in [0.2, 0.25) is 0 Å². The third-order valence-corrected chi connectivity index (χ3v) is 4.90. The van der Waals surface area contributed by atoms with E-state index in [0.717, 1.165) is 18.5 Å². The van der Waals surface area contributed by atoms with E-state index in [1.807, 2.05) is 18.4 Å². The lowest BCUT2D eigenvalue weighted by atomic mass is 9.92. The highest BCUT2D eigenvalue weighted by Gasteiger charge is 2.16. The number of nitrogens with zero attached hydrogens (tertiary/aromatic N) is 1. The first-order valence-corrected chi connectivity index (χ1v) is 8.14. The van der Waals surface area contributed by atoms with Crippen molar-refractivity contribution in [2.24, 2.45) is 0 Å². The zero-order valence-electron chi connectivity index (χ0n) is 12.5. The molecule has 3 rings (SSSR count). The molecule has 0 amide bonds. The van der Waals surface area contributed by atoms with Gasteiger partial charge in [-0.3, -0.25) is 0 Å².